The van der Waals surface area contributed by atoms with Crippen LogP contribution in [0.25, 0.3) is 0 Å². The van der Waals surface area contributed by atoms with E-state index in [1.54, 1.807) is 12.4 Å². The number of aryl methyl sites for hydroxylation is 2. The minimum atomic E-state index is -2.66. The minimum Gasteiger partial charge on any atom is -0.344 e. The second-order valence-corrected chi connectivity index (χ2v) is 5.00. The maximum atomic E-state index is 12.7. The zero-order valence-corrected chi connectivity index (χ0v) is 12.7. The molecular weight excluding hydrogens is 290 g/mol. The van der Waals surface area contributed by atoms with E-state index in [0.29, 0.717) is 0 Å². The van der Waals surface area contributed by atoms with Gasteiger partial charge in [0.2, 0.25) is 0 Å². The van der Waals surface area contributed by atoms with Crippen molar-refractivity contribution in [2.45, 2.75) is 32.7 Å². The fourth-order valence-corrected chi connectivity index (χ4v) is 2.30. The van der Waals surface area contributed by atoms with E-state index in [4.69, 9.17) is 0 Å². The third kappa shape index (κ3) is 3.29. The van der Waals surface area contributed by atoms with Gasteiger partial charge >= 0.3 is 0 Å². The zero-order chi connectivity index (χ0) is 16.3. The van der Waals surface area contributed by atoms with Crippen LogP contribution in [0.4, 0.5) is 8.78 Å². The quantitative estimate of drug-likeness (QED) is 0.924. The van der Waals surface area contributed by atoms with Crippen molar-refractivity contribution in [2.75, 3.05) is 0 Å². The van der Waals surface area contributed by atoms with E-state index in [0.717, 1.165) is 28.3 Å². The summed E-state index contributed by atoms with van der Waals surface area (Å²) in [6.45, 7) is 3.84. The largest absolute Gasteiger partial charge is 0.344 e. The normalized spacial score (nSPS) is 12.5. The third-order valence-electron chi connectivity index (χ3n) is 3.51. The van der Waals surface area contributed by atoms with Crippen LogP contribution in [0.2, 0.25) is 0 Å². The molecule has 1 unspecified atom stereocenters. The summed E-state index contributed by atoms with van der Waals surface area (Å²) in [5.74, 6) is -0.478. The Balaban J connectivity index is 2.16. The van der Waals surface area contributed by atoms with Gasteiger partial charge in [-0.15, -0.1) is 0 Å². The van der Waals surface area contributed by atoms with Crippen LogP contribution in [0.15, 0.2) is 24.5 Å². The van der Waals surface area contributed by atoms with Gasteiger partial charge in [-0.2, -0.15) is 5.10 Å². The number of rotatable bonds is 5. The molecule has 0 saturated heterocycles. The van der Waals surface area contributed by atoms with Gasteiger partial charge in [0.25, 0.3) is 12.3 Å². The van der Waals surface area contributed by atoms with Crippen molar-refractivity contribution in [3.63, 3.8) is 0 Å². The third-order valence-corrected chi connectivity index (χ3v) is 3.51. The average Bonchev–Trinajstić information content (AvgIpc) is 2.89. The fraction of sp³-hybridized carbons (Fsp3) is 0.400. The number of carbonyl (C=O) groups excluding carboxylic acids is 1. The molecule has 1 atom stereocenters. The highest BCUT2D eigenvalue weighted by Gasteiger charge is 2.20. The second kappa shape index (κ2) is 6.64. The number of hydrogen-bond donors (Lipinski definition) is 1. The van der Waals surface area contributed by atoms with Crippen molar-refractivity contribution in [1.82, 2.24) is 20.1 Å². The summed E-state index contributed by atoms with van der Waals surface area (Å²) in [4.78, 5) is 16.2. The summed E-state index contributed by atoms with van der Waals surface area (Å²) in [5.41, 5.74) is 1.69. The van der Waals surface area contributed by atoms with Crippen molar-refractivity contribution in [1.29, 1.82) is 0 Å². The molecule has 0 saturated carbocycles. The van der Waals surface area contributed by atoms with Crippen LogP contribution in [0.3, 0.4) is 0 Å². The number of hydrogen-bond acceptors (Lipinski definition) is 3. The van der Waals surface area contributed by atoms with Crippen LogP contribution in [0, 0.1) is 0 Å². The SMILES string of the molecule is CCc1cnccc1C(C)NC(=O)c1cc(C(F)F)n(C)n1. The Morgan fingerprint density at radius 3 is 2.77 bits per heavy atom. The molecule has 2 heterocycles. The second-order valence-electron chi connectivity index (χ2n) is 5.00. The van der Waals surface area contributed by atoms with Crippen LogP contribution in [0.5, 0.6) is 0 Å². The molecule has 1 amide bonds. The van der Waals surface area contributed by atoms with E-state index in [9.17, 15) is 13.6 Å². The van der Waals surface area contributed by atoms with Gasteiger partial charge in [-0.1, -0.05) is 6.92 Å². The van der Waals surface area contributed by atoms with E-state index in [2.05, 4.69) is 15.4 Å². The number of alkyl halides is 2. The number of amides is 1. The number of carbonyl (C=O) groups is 1. The Morgan fingerprint density at radius 1 is 1.45 bits per heavy atom. The van der Waals surface area contributed by atoms with Gasteiger partial charge in [0, 0.05) is 19.4 Å². The lowest BCUT2D eigenvalue weighted by atomic mass is 10.0. The molecule has 0 fully saturated rings. The Labute approximate surface area is 127 Å². The number of pyridine rings is 1. The lowest BCUT2D eigenvalue weighted by Crippen LogP contribution is -2.27. The first-order valence-corrected chi connectivity index (χ1v) is 6.99. The lowest BCUT2D eigenvalue weighted by Gasteiger charge is -2.16. The number of nitrogens with one attached hydrogen (secondary N) is 1. The molecule has 1 N–H and O–H groups in total. The fourth-order valence-electron chi connectivity index (χ4n) is 2.30. The molecule has 0 aliphatic rings. The molecule has 0 bridgehead atoms. The zero-order valence-electron chi connectivity index (χ0n) is 12.7. The maximum absolute atomic E-state index is 12.7. The van der Waals surface area contributed by atoms with Gasteiger partial charge < -0.3 is 5.32 Å². The summed E-state index contributed by atoms with van der Waals surface area (Å²) >= 11 is 0. The molecule has 0 radical (unpaired) electrons. The first-order valence-electron chi connectivity index (χ1n) is 6.99. The molecule has 5 nitrogen and oxygen atoms in total. The topological polar surface area (TPSA) is 59.8 Å². The molecule has 2 aromatic heterocycles. The lowest BCUT2D eigenvalue weighted by molar-refractivity contribution is 0.0934. The molecule has 7 heteroatoms. The Kier molecular flexibility index (Phi) is 4.85. The van der Waals surface area contributed by atoms with Gasteiger partial charge in [-0.3, -0.25) is 14.5 Å². The standard InChI is InChI=1S/C15H18F2N4O/c1-4-10-8-18-6-5-11(10)9(2)19-15(22)12-7-13(14(16)17)21(3)20-12/h5-9,14H,4H2,1-3H3,(H,19,22). The number of halogens is 2. The van der Waals surface area contributed by atoms with Gasteiger partial charge in [0.15, 0.2) is 5.69 Å². The van der Waals surface area contributed by atoms with Gasteiger partial charge in [0.1, 0.15) is 5.69 Å². The smallest absolute Gasteiger partial charge is 0.280 e. The predicted molar refractivity (Wildman–Crippen MR) is 77.7 cm³/mol. The first kappa shape index (κ1) is 16.1. The number of nitrogens with zero attached hydrogens (tertiary/aromatic N) is 3. The predicted octanol–water partition coefficient (Wildman–Crippen LogP) is 2.81. The van der Waals surface area contributed by atoms with Crippen molar-refractivity contribution >= 4 is 5.91 Å². The van der Waals surface area contributed by atoms with E-state index in [1.165, 1.54) is 7.05 Å². The molecule has 0 aliphatic carbocycles. The highest BCUT2D eigenvalue weighted by atomic mass is 19.3. The first-order chi connectivity index (χ1) is 10.4. The van der Waals surface area contributed by atoms with E-state index >= 15 is 0 Å². The van der Waals surface area contributed by atoms with Gasteiger partial charge in [-0.05, 0) is 36.6 Å². The van der Waals surface area contributed by atoms with E-state index < -0.39 is 12.3 Å². The Bertz CT molecular complexity index is 669. The molecule has 0 aromatic carbocycles. The minimum absolute atomic E-state index is 0.0169. The molecule has 22 heavy (non-hydrogen) atoms. The van der Waals surface area contributed by atoms with Crippen molar-refractivity contribution in [2.24, 2.45) is 7.05 Å². The summed E-state index contributed by atoms with van der Waals surface area (Å²) in [6, 6.07) is 2.69. The van der Waals surface area contributed by atoms with Crippen LogP contribution in [0.1, 0.15) is 53.6 Å². The van der Waals surface area contributed by atoms with Crippen molar-refractivity contribution < 1.29 is 13.6 Å². The van der Waals surface area contributed by atoms with Crippen LogP contribution < -0.4 is 5.32 Å². The molecule has 0 spiro atoms. The molecule has 118 valence electrons. The van der Waals surface area contributed by atoms with Crippen molar-refractivity contribution in [3.05, 3.63) is 47.0 Å². The van der Waals surface area contributed by atoms with Crippen LogP contribution >= 0.6 is 0 Å². The Morgan fingerprint density at radius 2 is 2.18 bits per heavy atom. The molecular formula is C15H18F2N4O. The average molecular weight is 308 g/mol. The van der Waals surface area contributed by atoms with Crippen LogP contribution in [-0.2, 0) is 13.5 Å². The highest BCUT2D eigenvalue weighted by molar-refractivity contribution is 5.92. The molecule has 2 aromatic rings. The van der Waals surface area contributed by atoms with Crippen molar-refractivity contribution in [3.8, 4) is 0 Å². The monoisotopic (exact) mass is 308 g/mol. The maximum Gasteiger partial charge on any atom is 0.280 e. The summed E-state index contributed by atoms with van der Waals surface area (Å²) in [5, 5.41) is 6.61. The summed E-state index contributed by atoms with van der Waals surface area (Å²) in [7, 11) is 1.39. The molecule has 0 aliphatic heterocycles. The Hall–Kier alpha value is -2.31. The summed E-state index contributed by atoms with van der Waals surface area (Å²) < 4.78 is 26.5. The van der Waals surface area contributed by atoms with E-state index in [-0.39, 0.29) is 17.4 Å². The molecule has 2 rings (SSSR count). The highest BCUT2D eigenvalue weighted by Crippen LogP contribution is 2.20. The number of aromatic nitrogens is 3. The van der Waals surface area contributed by atoms with E-state index in [1.807, 2.05) is 19.9 Å². The van der Waals surface area contributed by atoms with Crippen LogP contribution in [-0.4, -0.2) is 20.7 Å². The van der Waals surface area contributed by atoms with Gasteiger partial charge in [-0.25, -0.2) is 8.78 Å². The summed E-state index contributed by atoms with van der Waals surface area (Å²) in [6.07, 6.45) is 1.55. The van der Waals surface area contributed by atoms with Gasteiger partial charge in [0.05, 0.1) is 6.04 Å².